The fraction of sp³-hybridized carbons (Fsp3) is 0.556. The Morgan fingerprint density at radius 2 is 1.77 bits per heavy atom. The zero-order valence-corrected chi connectivity index (χ0v) is 16.0. The predicted octanol–water partition coefficient (Wildman–Crippen LogP) is 2.19. The average Bonchev–Trinajstić information content (AvgIpc) is 2.57. The monoisotopic (exact) mass is 369 g/mol. The highest BCUT2D eigenvalue weighted by molar-refractivity contribution is 5.82. The predicted molar refractivity (Wildman–Crippen MR) is 94.3 cm³/mol. The molecule has 0 spiro atoms. The van der Waals surface area contributed by atoms with Crippen LogP contribution in [-0.2, 0) is 14.3 Å². The highest BCUT2D eigenvalue weighted by atomic mass is 16.6. The molecule has 0 aliphatic carbocycles. The molecule has 2 atom stereocenters. The van der Waals surface area contributed by atoms with Crippen molar-refractivity contribution in [3.63, 3.8) is 0 Å². The third-order valence-corrected chi connectivity index (χ3v) is 3.28. The summed E-state index contributed by atoms with van der Waals surface area (Å²) in [7, 11) is 2.94. The SMILES string of the molecule is CCOC(=O)[C@@H](NC(=O)OC(C)(C)C)[C@@H](O)c1ccc(OC)c(OC)c1. The summed E-state index contributed by atoms with van der Waals surface area (Å²) in [5, 5.41) is 13.0. The summed E-state index contributed by atoms with van der Waals surface area (Å²) >= 11 is 0. The van der Waals surface area contributed by atoms with Crippen molar-refractivity contribution < 1.29 is 33.6 Å². The molecule has 0 heterocycles. The fourth-order valence-corrected chi connectivity index (χ4v) is 2.16. The number of esters is 1. The number of methoxy groups -OCH3 is 2. The number of hydrogen-bond donors (Lipinski definition) is 2. The summed E-state index contributed by atoms with van der Waals surface area (Å²) in [5.74, 6) is 0.0702. The first-order valence-electron chi connectivity index (χ1n) is 8.19. The van der Waals surface area contributed by atoms with E-state index in [0.29, 0.717) is 17.1 Å². The number of carbonyl (C=O) groups is 2. The number of amides is 1. The fourth-order valence-electron chi connectivity index (χ4n) is 2.16. The van der Waals surface area contributed by atoms with Crippen molar-refractivity contribution in [2.45, 2.75) is 45.4 Å². The second kappa shape index (κ2) is 9.28. The van der Waals surface area contributed by atoms with Gasteiger partial charge in [-0.25, -0.2) is 9.59 Å². The van der Waals surface area contributed by atoms with Crippen molar-refractivity contribution in [2.24, 2.45) is 0 Å². The van der Waals surface area contributed by atoms with Crippen LogP contribution in [0.1, 0.15) is 39.4 Å². The number of rotatable bonds is 7. The van der Waals surface area contributed by atoms with Gasteiger partial charge in [0.1, 0.15) is 11.7 Å². The van der Waals surface area contributed by atoms with Crippen molar-refractivity contribution in [1.82, 2.24) is 5.32 Å². The highest BCUT2D eigenvalue weighted by Crippen LogP contribution is 2.31. The maximum absolute atomic E-state index is 12.2. The minimum Gasteiger partial charge on any atom is -0.493 e. The maximum Gasteiger partial charge on any atom is 0.408 e. The summed E-state index contributed by atoms with van der Waals surface area (Å²) < 4.78 is 20.5. The molecule has 0 bridgehead atoms. The lowest BCUT2D eigenvalue weighted by atomic mass is 10.0. The van der Waals surface area contributed by atoms with Crippen LogP contribution in [0, 0.1) is 0 Å². The summed E-state index contributed by atoms with van der Waals surface area (Å²) in [6.45, 7) is 6.80. The van der Waals surface area contributed by atoms with E-state index in [9.17, 15) is 14.7 Å². The molecule has 0 aromatic heterocycles. The van der Waals surface area contributed by atoms with E-state index in [1.54, 1.807) is 39.8 Å². The van der Waals surface area contributed by atoms with Gasteiger partial charge in [-0.15, -0.1) is 0 Å². The van der Waals surface area contributed by atoms with E-state index in [-0.39, 0.29) is 6.61 Å². The van der Waals surface area contributed by atoms with Gasteiger partial charge in [-0.1, -0.05) is 6.07 Å². The summed E-state index contributed by atoms with van der Waals surface area (Å²) in [6.07, 6.45) is -2.21. The van der Waals surface area contributed by atoms with Gasteiger partial charge in [0.2, 0.25) is 0 Å². The minimum absolute atomic E-state index is 0.101. The molecule has 0 saturated heterocycles. The number of carbonyl (C=O) groups excluding carboxylic acids is 2. The number of nitrogens with one attached hydrogen (secondary N) is 1. The quantitative estimate of drug-likeness (QED) is 0.710. The van der Waals surface area contributed by atoms with E-state index in [1.165, 1.54) is 20.3 Å². The van der Waals surface area contributed by atoms with Crippen LogP contribution in [0.5, 0.6) is 11.5 Å². The standard InChI is InChI=1S/C18H27NO7/c1-7-25-16(21)14(19-17(22)26-18(2,3)4)15(20)11-8-9-12(23-5)13(10-11)24-6/h8-10,14-15,20H,7H2,1-6H3,(H,19,22)/t14-,15-/m0/s1. The van der Waals surface area contributed by atoms with Crippen molar-refractivity contribution in [1.29, 1.82) is 0 Å². The second-order valence-electron chi connectivity index (χ2n) is 6.44. The molecule has 8 heteroatoms. The summed E-state index contributed by atoms with van der Waals surface area (Å²) in [5.41, 5.74) is -0.408. The Labute approximate surface area is 153 Å². The number of aliphatic hydroxyl groups is 1. The molecule has 0 radical (unpaired) electrons. The number of ether oxygens (including phenoxy) is 4. The zero-order chi connectivity index (χ0) is 19.9. The summed E-state index contributed by atoms with van der Waals surface area (Å²) in [6, 6.07) is 3.33. The first-order chi connectivity index (χ1) is 12.1. The van der Waals surface area contributed by atoms with Gasteiger partial charge in [0.05, 0.1) is 20.8 Å². The number of hydrogen-bond acceptors (Lipinski definition) is 7. The van der Waals surface area contributed by atoms with E-state index >= 15 is 0 Å². The van der Waals surface area contributed by atoms with E-state index in [2.05, 4.69) is 5.32 Å². The lowest BCUT2D eigenvalue weighted by Gasteiger charge is -2.26. The Morgan fingerprint density at radius 1 is 1.15 bits per heavy atom. The van der Waals surface area contributed by atoms with Crippen molar-refractivity contribution in [3.8, 4) is 11.5 Å². The third-order valence-electron chi connectivity index (χ3n) is 3.28. The molecule has 1 rings (SSSR count). The molecule has 1 aromatic carbocycles. The average molecular weight is 369 g/mol. The van der Waals surface area contributed by atoms with Crippen LogP contribution >= 0.6 is 0 Å². The first kappa shape index (κ1) is 21.6. The maximum atomic E-state index is 12.2. The van der Waals surface area contributed by atoms with E-state index in [4.69, 9.17) is 18.9 Å². The molecule has 0 unspecified atom stereocenters. The Kier molecular flexibility index (Phi) is 7.70. The molecular formula is C18H27NO7. The molecule has 146 valence electrons. The van der Waals surface area contributed by atoms with Crippen LogP contribution in [-0.4, -0.2) is 49.6 Å². The Bertz CT molecular complexity index is 624. The van der Waals surface area contributed by atoms with Crippen LogP contribution in [0.25, 0.3) is 0 Å². The molecule has 0 aliphatic rings. The zero-order valence-electron chi connectivity index (χ0n) is 16.0. The molecule has 0 aliphatic heterocycles. The van der Waals surface area contributed by atoms with Crippen LogP contribution in [0.4, 0.5) is 4.79 Å². The largest absolute Gasteiger partial charge is 0.493 e. The van der Waals surface area contributed by atoms with Crippen molar-refractivity contribution in [3.05, 3.63) is 23.8 Å². The van der Waals surface area contributed by atoms with Crippen molar-refractivity contribution >= 4 is 12.1 Å². The van der Waals surface area contributed by atoms with Gasteiger partial charge in [-0.2, -0.15) is 0 Å². The molecule has 0 saturated carbocycles. The molecule has 0 fully saturated rings. The number of benzene rings is 1. The van der Waals surface area contributed by atoms with Gasteiger partial charge in [0.15, 0.2) is 17.5 Å². The topological polar surface area (TPSA) is 103 Å². The minimum atomic E-state index is -1.37. The Balaban J connectivity index is 3.09. The molecule has 1 aromatic rings. The normalized spacial score (nSPS) is 13.3. The van der Waals surface area contributed by atoms with Crippen molar-refractivity contribution in [2.75, 3.05) is 20.8 Å². The molecule has 8 nitrogen and oxygen atoms in total. The van der Waals surface area contributed by atoms with Gasteiger partial charge < -0.3 is 29.4 Å². The second-order valence-corrected chi connectivity index (χ2v) is 6.44. The van der Waals surface area contributed by atoms with E-state index < -0.39 is 29.8 Å². The van der Waals surface area contributed by atoms with Gasteiger partial charge in [0.25, 0.3) is 0 Å². The van der Waals surface area contributed by atoms with Crippen LogP contribution in [0.3, 0.4) is 0 Å². The number of aliphatic hydroxyl groups excluding tert-OH is 1. The van der Waals surface area contributed by atoms with Gasteiger partial charge in [-0.05, 0) is 45.4 Å². The third kappa shape index (κ3) is 6.11. The number of alkyl carbamates (subject to hydrolysis) is 1. The van der Waals surface area contributed by atoms with E-state index in [0.717, 1.165) is 0 Å². The Morgan fingerprint density at radius 3 is 2.27 bits per heavy atom. The molecule has 1 amide bonds. The van der Waals surface area contributed by atoms with Crippen LogP contribution in [0.15, 0.2) is 18.2 Å². The molecule has 2 N–H and O–H groups in total. The van der Waals surface area contributed by atoms with Crippen LogP contribution < -0.4 is 14.8 Å². The van der Waals surface area contributed by atoms with E-state index in [1.807, 2.05) is 0 Å². The highest BCUT2D eigenvalue weighted by Gasteiger charge is 2.33. The first-order valence-corrected chi connectivity index (χ1v) is 8.19. The summed E-state index contributed by atoms with van der Waals surface area (Å²) in [4.78, 5) is 24.3. The van der Waals surface area contributed by atoms with Gasteiger partial charge in [-0.3, -0.25) is 0 Å². The smallest absolute Gasteiger partial charge is 0.408 e. The molecule has 26 heavy (non-hydrogen) atoms. The van der Waals surface area contributed by atoms with Gasteiger partial charge in [0, 0.05) is 0 Å². The Hall–Kier alpha value is -2.48. The van der Waals surface area contributed by atoms with Crippen LogP contribution in [0.2, 0.25) is 0 Å². The lowest BCUT2D eigenvalue weighted by molar-refractivity contribution is -0.148. The molecular weight excluding hydrogens is 342 g/mol. The lowest BCUT2D eigenvalue weighted by Crippen LogP contribution is -2.47. The van der Waals surface area contributed by atoms with Gasteiger partial charge >= 0.3 is 12.1 Å².